The van der Waals surface area contributed by atoms with Crippen LogP contribution in [0.4, 0.5) is 16.0 Å². The van der Waals surface area contributed by atoms with Crippen molar-refractivity contribution in [3.05, 3.63) is 48.0 Å². The molecule has 0 saturated heterocycles. The minimum atomic E-state index is -0.256. The molecule has 0 saturated carbocycles. The van der Waals surface area contributed by atoms with Crippen LogP contribution in [0.3, 0.4) is 0 Å². The molecule has 0 atom stereocenters. The third-order valence-corrected chi connectivity index (χ3v) is 2.40. The lowest BCUT2D eigenvalue weighted by Gasteiger charge is -2.07. The summed E-state index contributed by atoms with van der Waals surface area (Å²) in [7, 11) is 0. The van der Waals surface area contributed by atoms with Gasteiger partial charge in [-0.15, -0.1) is 0 Å². The van der Waals surface area contributed by atoms with Crippen LogP contribution in [0.1, 0.15) is 5.56 Å². The second-order valence-electron chi connectivity index (χ2n) is 3.78. The smallest absolute Gasteiger partial charge is 0.132 e. The molecule has 0 fully saturated rings. The SMILES string of the molecule is N#CCNc1cc(NCc2ccc(F)cc2)ncn1. The maximum atomic E-state index is 12.7. The highest BCUT2D eigenvalue weighted by Gasteiger charge is 1.99. The Bertz CT molecular complexity index is 576. The zero-order chi connectivity index (χ0) is 13.5. The molecule has 1 aromatic carbocycles. The lowest BCUT2D eigenvalue weighted by Crippen LogP contribution is -2.05. The predicted octanol–water partition coefficient (Wildman–Crippen LogP) is 2.16. The number of nitrogens with one attached hydrogen (secondary N) is 2. The topological polar surface area (TPSA) is 73.6 Å². The van der Waals surface area contributed by atoms with E-state index in [0.29, 0.717) is 18.2 Å². The minimum Gasteiger partial charge on any atom is -0.366 e. The van der Waals surface area contributed by atoms with Crippen molar-refractivity contribution in [2.75, 3.05) is 17.2 Å². The number of nitrogens with zero attached hydrogens (tertiary/aromatic N) is 3. The minimum absolute atomic E-state index is 0.189. The van der Waals surface area contributed by atoms with E-state index in [-0.39, 0.29) is 12.4 Å². The van der Waals surface area contributed by atoms with Gasteiger partial charge in [-0.3, -0.25) is 0 Å². The van der Waals surface area contributed by atoms with E-state index in [1.165, 1.54) is 18.5 Å². The molecule has 6 heteroatoms. The van der Waals surface area contributed by atoms with Crippen LogP contribution in [0.25, 0.3) is 0 Å². The van der Waals surface area contributed by atoms with Crippen molar-refractivity contribution in [1.82, 2.24) is 9.97 Å². The molecule has 5 nitrogen and oxygen atoms in total. The Labute approximate surface area is 110 Å². The molecule has 0 amide bonds. The molecule has 1 aromatic heterocycles. The highest BCUT2D eigenvalue weighted by atomic mass is 19.1. The Morgan fingerprint density at radius 3 is 2.47 bits per heavy atom. The summed E-state index contributed by atoms with van der Waals surface area (Å²) in [6, 6.07) is 9.92. The number of hydrogen-bond donors (Lipinski definition) is 2. The highest BCUT2D eigenvalue weighted by Crippen LogP contribution is 2.10. The summed E-state index contributed by atoms with van der Waals surface area (Å²) < 4.78 is 12.7. The van der Waals surface area contributed by atoms with Gasteiger partial charge in [0.05, 0.1) is 6.07 Å². The van der Waals surface area contributed by atoms with Gasteiger partial charge in [0.1, 0.15) is 30.3 Å². The van der Waals surface area contributed by atoms with E-state index >= 15 is 0 Å². The number of benzene rings is 1. The molecule has 2 N–H and O–H groups in total. The second-order valence-corrected chi connectivity index (χ2v) is 3.78. The number of hydrogen-bond acceptors (Lipinski definition) is 5. The fourth-order valence-corrected chi connectivity index (χ4v) is 1.48. The molecule has 0 unspecified atom stereocenters. The Hall–Kier alpha value is -2.68. The molecule has 0 aliphatic rings. The summed E-state index contributed by atoms with van der Waals surface area (Å²) in [5, 5.41) is 14.4. The first kappa shape index (κ1) is 12.8. The van der Waals surface area contributed by atoms with Crippen LogP contribution in [-0.2, 0) is 6.54 Å². The molecule has 0 aliphatic carbocycles. The first-order valence-corrected chi connectivity index (χ1v) is 5.69. The molecule has 2 rings (SSSR count). The van der Waals surface area contributed by atoms with Gasteiger partial charge in [-0.25, -0.2) is 14.4 Å². The van der Waals surface area contributed by atoms with E-state index in [4.69, 9.17) is 5.26 Å². The molecule has 0 bridgehead atoms. The standard InChI is InChI=1S/C13H12FN5/c14-11-3-1-10(2-4-11)8-17-13-7-12(16-6-5-15)18-9-19-13/h1-4,7,9H,6,8H2,(H2,16,17,18,19). The van der Waals surface area contributed by atoms with Gasteiger partial charge in [0.25, 0.3) is 0 Å². The van der Waals surface area contributed by atoms with Gasteiger partial charge in [-0.2, -0.15) is 5.26 Å². The summed E-state index contributed by atoms with van der Waals surface area (Å²) in [4.78, 5) is 8.04. The molecular formula is C13H12FN5. The average molecular weight is 257 g/mol. The van der Waals surface area contributed by atoms with E-state index < -0.39 is 0 Å². The number of anilines is 2. The Kier molecular flexibility index (Phi) is 4.24. The van der Waals surface area contributed by atoms with Gasteiger partial charge in [-0.05, 0) is 17.7 Å². The third-order valence-electron chi connectivity index (χ3n) is 2.40. The number of rotatable bonds is 5. The maximum Gasteiger partial charge on any atom is 0.132 e. The van der Waals surface area contributed by atoms with Gasteiger partial charge >= 0.3 is 0 Å². The van der Waals surface area contributed by atoms with Crippen molar-refractivity contribution in [1.29, 1.82) is 5.26 Å². The number of halogens is 1. The van der Waals surface area contributed by atoms with Gasteiger partial charge in [0.2, 0.25) is 0 Å². The van der Waals surface area contributed by atoms with Crippen molar-refractivity contribution < 1.29 is 4.39 Å². The lowest BCUT2D eigenvalue weighted by atomic mass is 10.2. The number of nitriles is 1. The van der Waals surface area contributed by atoms with Gasteiger partial charge in [0, 0.05) is 12.6 Å². The van der Waals surface area contributed by atoms with E-state index in [1.807, 2.05) is 6.07 Å². The summed E-state index contributed by atoms with van der Waals surface area (Å²) >= 11 is 0. The highest BCUT2D eigenvalue weighted by molar-refractivity contribution is 5.47. The summed E-state index contributed by atoms with van der Waals surface area (Å²) in [5.74, 6) is 0.965. The van der Waals surface area contributed by atoms with Crippen molar-refractivity contribution in [2.24, 2.45) is 0 Å². The van der Waals surface area contributed by atoms with Crippen molar-refractivity contribution in [3.63, 3.8) is 0 Å². The van der Waals surface area contributed by atoms with Crippen LogP contribution in [0.15, 0.2) is 36.7 Å². The molecule has 19 heavy (non-hydrogen) atoms. The van der Waals surface area contributed by atoms with Gasteiger partial charge < -0.3 is 10.6 Å². The first-order valence-electron chi connectivity index (χ1n) is 5.69. The molecule has 0 aliphatic heterocycles. The normalized spacial score (nSPS) is 9.68. The largest absolute Gasteiger partial charge is 0.366 e. The summed E-state index contributed by atoms with van der Waals surface area (Å²) in [6.07, 6.45) is 1.41. The van der Waals surface area contributed by atoms with E-state index in [2.05, 4.69) is 20.6 Å². The maximum absolute atomic E-state index is 12.7. The average Bonchev–Trinajstić information content (AvgIpc) is 2.45. The lowest BCUT2D eigenvalue weighted by molar-refractivity contribution is 0.627. The summed E-state index contributed by atoms with van der Waals surface area (Å²) in [5.41, 5.74) is 0.951. The van der Waals surface area contributed by atoms with E-state index in [0.717, 1.165) is 5.56 Å². The van der Waals surface area contributed by atoms with Crippen LogP contribution in [0, 0.1) is 17.1 Å². The Balaban J connectivity index is 1.95. The Morgan fingerprint density at radius 1 is 1.11 bits per heavy atom. The molecule has 96 valence electrons. The molecule has 2 aromatic rings. The van der Waals surface area contributed by atoms with Crippen LogP contribution in [0.2, 0.25) is 0 Å². The van der Waals surface area contributed by atoms with Crippen molar-refractivity contribution in [2.45, 2.75) is 6.54 Å². The zero-order valence-electron chi connectivity index (χ0n) is 10.1. The van der Waals surface area contributed by atoms with Crippen LogP contribution in [-0.4, -0.2) is 16.5 Å². The Morgan fingerprint density at radius 2 is 1.79 bits per heavy atom. The van der Waals surface area contributed by atoms with Crippen LogP contribution in [0.5, 0.6) is 0 Å². The van der Waals surface area contributed by atoms with Crippen molar-refractivity contribution in [3.8, 4) is 6.07 Å². The van der Waals surface area contributed by atoms with E-state index in [9.17, 15) is 4.39 Å². The second kappa shape index (κ2) is 6.31. The molecule has 0 spiro atoms. The molecule has 1 heterocycles. The quantitative estimate of drug-likeness (QED) is 0.803. The summed E-state index contributed by atoms with van der Waals surface area (Å²) in [6.45, 7) is 0.726. The van der Waals surface area contributed by atoms with Gasteiger partial charge in [-0.1, -0.05) is 12.1 Å². The van der Waals surface area contributed by atoms with Crippen LogP contribution >= 0.6 is 0 Å². The zero-order valence-corrected chi connectivity index (χ0v) is 10.1. The first-order chi connectivity index (χ1) is 9.28. The molecule has 0 radical (unpaired) electrons. The van der Waals surface area contributed by atoms with Gasteiger partial charge in [0.15, 0.2) is 0 Å². The van der Waals surface area contributed by atoms with Crippen molar-refractivity contribution >= 4 is 11.6 Å². The predicted molar refractivity (Wildman–Crippen MR) is 69.9 cm³/mol. The monoisotopic (exact) mass is 257 g/mol. The van der Waals surface area contributed by atoms with Crippen LogP contribution < -0.4 is 10.6 Å². The number of aromatic nitrogens is 2. The molecular weight excluding hydrogens is 245 g/mol. The fraction of sp³-hybridized carbons (Fsp3) is 0.154. The third kappa shape index (κ3) is 3.92. The van der Waals surface area contributed by atoms with E-state index in [1.54, 1.807) is 18.2 Å². The fourth-order valence-electron chi connectivity index (χ4n) is 1.48.